The summed E-state index contributed by atoms with van der Waals surface area (Å²) in [6.45, 7) is 1.98. The molecule has 0 radical (unpaired) electrons. The number of hydrogen-bond donors (Lipinski definition) is 1. The highest BCUT2D eigenvalue weighted by Gasteiger charge is 2.25. The van der Waals surface area contributed by atoms with Gasteiger partial charge in [-0.25, -0.2) is 9.97 Å². The normalized spacial score (nSPS) is 13.0. The molecule has 6 heteroatoms. The minimum absolute atomic E-state index is 0.451. The Morgan fingerprint density at radius 1 is 1.11 bits per heavy atom. The summed E-state index contributed by atoms with van der Waals surface area (Å²) < 4.78 is 2.18. The molecular weight excluding hydrogens is 350 g/mol. The van der Waals surface area contributed by atoms with Crippen LogP contribution in [0.2, 0.25) is 0 Å². The van der Waals surface area contributed by atoms with Crippen LogP contribution in [0.5, 0.6) is 0 Å². The van der Waals surface area contributed by atoms with Gasteiger partial charge in [0.2, 0.25) is 5.91 Å². The van der Waals surface area contributed by atoms with Crippen molar-refractivity contribution in [2.45, 2.75) is 26.2 Å². The molecule has 138 valence electrons. The molecule has 0 saturated heterocycles. The fourth-order valence-electron chi connectivity index (χ4n) is 3.96. The van der Waals surface area contributed by atoms with E-state index in [4.69, 9.17) is 15.7 Å². The molecule has 1 aliphatic rings. The number of carbonyl (C=O) groups is 1. The zero-order valence-electron chi connectivity index (χ0n) is 15.5. The van der Waals surface area contributed by atoms with E-state index < -0.39 is 5.91 Å². The Labute approximate surface area is 162 Å². The number of imidazole rings is 1. The maximum Gasteiger partial charge on any atom is 0.248 e. The Balaban J connectivity index is 1.83. The fraction of sp³-hybridized carbons (Fsp3) is 0.182. The molecule has 1 amide bonds. The highest BCUT2D eigenvalue weighted by molar-refractivity contribution is 5.99. The number of pyridine rings is 2. The Morgan fingerprint density at radius 3 is 2.82 bits per heavy atom. The third-order valence-corrected chi connectivity index (χ3v) is 5.24. The average Bonchev–Trinajstić information content (AvgIpc) is 3.28. The van der Waals surface area contributed by atoms with Gasteiger partial charge in [0.1, 0.15) is 5.69 Å². The summed E-state index contributed by atoms with van der Waals surface area (Å²) in [6.07, 6.45) is 4.81. The van der Waals surface area contributed by atoms with Crippen molar-refractivity contribution in [3.8, 4) is 17.2 Å². The van der Waals surface area contributed by atoms with Crippen LogP contribution in [0.4, 0.5) is 0 Å². The number of rotatable bonds is 3. The molecule has 0 fully saturated rings. The van der Waals surface area contributed by atoms with Crippen molar-refractivity contribution in [1.82, 2.24) is 19.5 Å². The average molecular weight is 369 g/mol. The standard InChI is InChI=1S/C22H19N5O/c1-13-4-2-6-18(25-13)22-26-17-5-3-7-20(17)27(22)19-10-11-24-16-9-8-14(21(23)28)12-15(16)19/h2,4,6,8-12H,3,5,7H2,1H3,(H2,23,28). The molecule has 1 aliphatic carbocycles. The third kappa shape index (κ3) is 2.57. The van der Waals surface area contributed by atoms with Crippen molar-refractivity contribution in [3.63, 3.8) is 0 Å². The zero-order chi connectivity index (χ0) is 19.3. The van der Waals surface area contributed by atoms with E-state index in [2.05, 4.69) is 9.55 Å². The van der Waals surface area contributed by atoms with Crippen molar-refractivity contribution in [1.29, 1.82) is 0 Å². The van der Waals surface area contributed by atoms with Crippen molar-refractivity contribution >= 4 is 16.8 Å². The quantitative estimate of drug-likeness (QED) is 0.600. The van der Waals surface area contributed by atoms with Crippen LogP contribution in [0, 0.1) is 6.92 Å². The van der Waals surface area contributed by atoms with E-state index in [1.54, 1.807) is 12.3 Å². The summed E-state index contributed by atoms with van der Waals surface area (Å²) in [4.78, 5) is 25.8. The lowest BCUT2D eigenvalue weighted by Crippen LogP contribution is -2.11. The van der Waals surface area contributed by atoms with Crippen molar-refractivity contribution in [2.75, 3.05) is 0 Å². The molecule has 0 bridgehead atoms. The predicted octanol–water partition coefficient (Wildman–Crippen LogP) is 3.38. The number of nitrogens with two attached hydrogens (primary N) is 1. The summed E-state index contributed by atoms with van der Waals surface area (Å²) in [5.41, 5.74) is 11.8. The van der Waals surface area contributed by atoms with Crippen LogP contribution in [0.1, 0.15) is 33.9 Å². The van der Waals surface area contributed by atoms with Crippen LogP contribution in [0.25, 0.3) is 28.1 Å². The van der Waals surface area contributed by atoms with E-state index in [1.165, 1.54) is 5.69 Å². The van der Waals surface area contributed by atoms with Gasteiger partial charge in [-0.3, -0.25) is 14.3 Å². The number of hydrogen-bond acceptors (Lipinski definition) is 4. The molecule has 4 aromatic rings. The zero-order valence-corrected chi connectivity index (χ0v) is 15.5. The smallest absolute Gasteiger partial charge is 0.248 e. The summed E-state index contributed by atoms with van der Waals surface area (Å²) in [5.74, 6) is 0.374. The van der Waals surface area contributed by atoms with Gasteiger partial charge in [-0.15, -0.1) is 0 Å². The molecule has 0 saturated carbocycles. The van der Waals surface area contributed by atoms with Crippen LogP contribution >= 0.6 is 0 Å². The molecule has 0 spiro atoms. The number of aryl methyl sites for hydroxylation is 2. The van der Waals surface area contributed by atoms with Crippen LogP contribution in [-0.4, -0.2) is 25.4 Å². The highest BCUT2D eigenvalue weighted by atomic mass is 16.1. The van der Waals surface area contributed by atoms with E-state index in [0.717, 1.165) is 58.8 Å². The number of amides is 1. The van der Waals surface area contributed by atoms with Crippen LogP contribution < -0.4 is 5.73 Å². The number of benzene rings is 1. The number of carbonyl (C=O) groups excluding carboxylic acids is 1. The Bertz CT molecular complexity index is 1240. The second kappa shape index (κ2) is 6.27. The predicted molar refractivity (Wildman–Crippen MR) is 107 cm³/mol. The monoisotopic (exact) mass is 369 g/mol. The van der Waals surface area contributed by atoms with Gasteiger partial charge >= 0.3 is 0 Å². The largest absolute Gasteiger partial charge is 0.366 e. The minimum atomic E-state index is -0.451. The first-order chi connectivity index (χ1) is 13.6. The molecule has 3 aromatic heterocycles. The topological polar surface area (TPSA) is 86.7 Å². The third-order valence-electron chi connectivity index (χ3n) is 5.24. The SMILES string of the molecule is Cc1cccc(-c2nc3c(n2-c2ccnc4ccc(C(N)=O)cc24)CCC3)n1. The van der Waals surface area contributed by atoms with Crippen LogP contribution in [0.3, 0.4) is 0 Å². The van der Waals surface area contributed by atoms with Crippen molar-refractivity contribution in [3.05, 3.63) is 71.3 Å². The van der Waals surface area contributed by atoms with E-state index in [9.17, 15) is 4.79 Å². The summed E-state index contributed by atoms with van der Waals surface area (Å²) in [5, 5.41) is 0.875. The van der Waals surface area contributed by atoms with E-state index in [1.807, 2.05) is 43.3 Å². The first kappa shape index (κ1) is 16.6. The van der Waals surface area contributed by atoms with Crippen molar-refractivity contribution in [2.24, 2.45) is 5.73 Å². The first-order valence-corrected chi connectivity index (χ1v) is 9.35. The molecule has 2 N–H and O–H groups in total. The lowest BCUT2D eigenvalue weighted by molar-refractivity contribution is 0.100. The van der Waals surface area contributed by atoms with Gasteiger partial charge < -0.3 is 5.73 Å². The maximum absolute atomic E-state index is 11.7. The molecule has 0 unspecified atom stereocenters. The van der Waals surface area contributed by atoms with E-state index >= 15 is 0 Å². The van der Waals surface area contributed by atoms with Crippen LogP contribution in [-0.2, 0) is 12.8 Å². The number of nitrogens with zero attached hydrogens (tertiary/aromatic N) is 4. The second-order valence-electron chi connectivity index (χ2n) is 7.11. The summed E-state index contributed by atoms with van der Waals surface area (Å²) in [6, 6.07) is 13.3. The Hall–Kier alpha value is -3.54. The van der Waals surface area contributed by atoms with Gasteiger partial charge in [0.15, 0.2) is 5.82 Å². The van der Waals surface area contributed by atoms with Gasteiger partial charge in [-0.2, -0.15) is 0 Å². The lowest BCUT2D eigenvalue weighted by atomic mass is 10.1. The molecule has 0 aliphatic heterocycles. The van der Waals surface area contributed by atoms with Gasteiger partial charge in [0, 0.05) is 28.5 Å². The Kier molecular flexibility index (Phi) is 3.72. The Morgan fingerprint density at radius 2 is 2.00 bits per heavy atom. The maximum atomic E-state index is 11.7. The molecular formula is C22H19N5O. The number of aromatic nitrogens is 4. The minimum Gasteiger partial charge on any atom is -0.366 e. The molecule has 6 nitrogen and oxygen atoms in total. The van der Waals surface area contributed by atoms with Gasteiger partial charge in [0.05, 0.1) is 16.9 Å². The van der Waals surface area contributed by atoms with Gasteiger partial charge in [-0.05, 0) is 62.6 Å². The molecule has 0 atom stereocenters. The van der Waals surface area contributed by atoms with Crippen molar-refractivity contribution < 1.29 is 4.79 Å². The van der Waals surface area contributed by atoms with Gasteiger partial charge in [-0.1, -0.05) is 6.07 Å². The van der Waals surface area contributed by atoms with Gasteiger partial charge in [0.25, 0.3) is 0 Å². The molecule has 1 aromatic carbocycles. The fourth-order valence-corrected chi connectivity index (χ4v) is 3.96. The number of primary amides is 1. The lowest BCUT2D eigenvalue weighted by Gasteiger charge is -2.14. The van der Waals surface area contributed by atoms with E-state index in [-0.39, 0.29) is 0 Å². The summed E-state index contributed by atoms with van der Waals surface area (Å²) in [7, 11) is 0. The number of fused-ring (bicyclic) bond motifs is 2. The molecule has 28 heavy (non-hydrogen) atoms. The molecule has 3 heterocycles. The van der Waals surface area contributed by atoms with Crippen LogP contribution in [0.15, 0.2) is 48.7 Å². The van der Waals surface area contributed by atoms with E-state index in [0.29, 0.717) is 5.56 Å². The summed E-state index contributed by atoms with van der Waals surface area (Å²) >= 11 is 0. The second-order valence-corrected chi connectivity index (χ2v) is 7.11. The highest BCUT2D eigenvalue weighted by Crippen LogP contribution is 2.33. The first-order valence-electron chi connectivity index (χ1n) is 9.35. The molecule has 5 rings (SSSR count).